The summed E-state index contributed by atoms with van der Waals surface area (Å²) in [5.74, 6) is 0.708. The largest absolute Gasteiger partial charge is 0.338 e. The van der Waals surface area contributed by atoms with E-state index >= 15 is 0 Å². The molecule has 0 radical (unpaired) electrons. The van der Waals surface area contributed by atoms with E-state index < -0.39 is 0 Å². The Morgan fingerprint density at radius 1 is 1.16 bits per heavy atom. The van der Waals surface area contributed by atoms with Gasteiger partial charge in [0.25, 0.3) is 5.91 Å². The first kappa shape index (κ1) is 11.7. The zero-order valence-electron chi connectivity index (χ0n) is 11.2. The maximum atomic E-state index is 12.5. The number of fused-ring (bicyclic) bond motifs is 2. The molecule has 1 N–H and O–H groups in total. The number of hydrogen-bond donors (Lipinski definition) is 1. The summed E-state index contributed by atoms with van der Waals surface area (Å²) < 4.78 is 0. The number of pyridine rings is 1. The van der Waals surface area contributed by atoms with Gasteiger partial charge in [-0.2, -0.15) is 0 Å². The third-order valence-corrected chi connectivity index (χ3v) is 3.43. The van der Waals surface area contributed by atoms with Gasteiger partial charge in [0, 0.05) is 12.7 Å². The van der Waals surface area contributed by atoms with Crippen LogP contribution in [0.1, 0.15) is 21.6 Å². The standard InChI is InChI=1S/C15H15N3O/c1-9-5-4-6-11-13(9)17-14-12(18(3)15(11)19)8-7-10(2)16-14/h4-8H,1-3H3,(H,16,17). The molecule has 19 heavy (non-hydrogen) atoms. The molecule has 1 aromatic carbocycles. The van der Waals surface area contributed by atoms with Gasteiger partial charge in [-0.1, -0.05) is 12.1 Å². The van der Waals surface area contributed by atoms with Gasteiger partial charge in [0.1, 0.15) is 0 Å². The van der Waals surface area contributed by atoms with Crippen molar-refractivity contribution in [1.29, 1.82) is 0 Å². The van der Waals surface area contributed by atoms with Crippen molar-refractivity contribution in [2.45, 2.75) is 13.8 Å². The number of carbonyl (C=O) groups excluding carboxylic acids is 1. The Kier molecular flexibility index (Phi) is 2.52. The number of benzene rings is 1. The molecule has 0 aliphatic carbocycles. The second-order valence-electron chi connectivity index (χ2n) is 4.81. The van der Waals surface area contributed by atoms with Gasteiger partial charge in [-0.05, 0) is 37.6 Å². The smallest absolute Gasteiger partial charge is 0.260 e. The first-order valence-corrected chi connectivity index (χ1v) is 6.20. The van der Waals surface area contributed by atoms with E-state index in [0.29, 0.717) is 5.56 Å². The van der Waals surface area contributed by atoms with Crippen LogP contribution >= 0.6 is 0 Å². The Hall–Kier alpha value is -2.36. The maximum Gasteiger partial charge on any atom is 0.260 e. The first-order chi connectivity index (χ1) is 9.08. The predicted molar refractivity (Wildman–Crippen MR) is 76.2 cm³/mol. The zero-order chi connectivity index (χ0) is 13.6. The van der Waals surface area contributed by atoms with E-state index in [1.165, 1.54) is 0 Å². The SMILES string of the molecule is Cc1ccc2c(n1)Nc1c(C)cccc1C(=O)N2C. The van der Waals surface area contributed by atoms with Gasteiger partial charge < -0.3 is 10.2 Å². The molecule has 96 valence electrons. The fourth-order valence-electron chi connectivity index (χ4n) is 2.33. The number of nitrogens with zero attached hydrogens (tertiary/aromatic N) is 2. The number of nitrogens with one attached hydrogen (secondary N) is 1. The molecule has 0 spiro atoms. The maximum absolute atomic E-state index is 12.5. The number of aryl methyl sites for hydroxylation is 2. The summed E-state index contributed by atoms with van der Waals surface area (Å²) in [6.45, 7) is 3.92. The molecule has 0 fully saturated rings. The van der Waals surface area contributed by atoms with Crippen LogP contribution in [-0.4, -0.2) is 17.9 Å². The Balaban J connectivity index is 2.27. The van der Waals surface area contributed by atoms with Crippen LogP contribution in [0.15, 0.2) is 30.3 Å². The highest BCUT2D eigenvalue weighted by Crippen LogP contribution is 2.35. The minimum absolute atomic E-state index is 0.0180. The van der Waals surface area contributed by atoms with Crippen molar-refractivity contribution in [2.75, 3.05) is 17.3 Å². The highest BCUT2D eigenvalue weighted by atomic mass is 16.2. The lowest BCUT2D eigenvalue weighted by molar-refractivity contribution is 0.0994. The minimum Gasteiger partial charge on any atom is -0.338 e. The Morgan fingerprint density at radius 3 is 2.74 bits per heavy atom. The van der Waals surface area contributed by atoms with Gasteiger partial charge >= 0.3 is 0 Å². The van der Waals surface area contributed by atoms with E-state index in [0.717, 1.165) is 28.5 Å². The zero-order valence-corrected chi connectivity index (χ0v) is 11.2. The number of carbonyl (C=O) groups is 1. The molecule has 2 heterocycles. The van der Waals surface area contributed by atoms with Gasteiger partial charge in [-0.15, -0.1) is 0 Å². The topological polar surface area (TPSA) is 45.2 Å². The van der Waals surface area contributed by atoms with Gasteiger partial charge in [0.15, 0.2) is 5.82 Å². The molecule has 0 saturated carbocycles. The fourth-order valence-corrected chi connectivity index (χ4v) is 2.33. The van der Waals surface area contributed by atoms with Crippen molar-refractivity contribution in [3.05, 3.63) is 47.2 Å². The molecule has 2 aromatic rings. The summed E-state index contributed by atoms with van der Waals surface area (Å²) in [6.07, 6.45) is 0. The molecule has 4 heteroatoms. The molecule has 0 bridgehead atoms. The summed E-state index contributed by atoms with van der Waals surface area (Å²) in [5.41, 5.74) is 4.28. The normalized spacial score (nSPS) is 13.4. The van der Waals surface area contributed by atoms with Crippen LogP contribution in [0.2, 0.25) is 0 Å². The van der Waals surface area contributed by atoms with Crippen LogP contribution in [0.3, 0.4) is 0 Å². The molecule has 1 amide bonds. The van der Waals surface area contributed by atoms with E-state index in [4.69, 9.17) is 0 Å². The third-order valence-electron chi connectivity index (χ3n) is 3.43. The Bertz CT molecular complexity index is 679. The summed E-state index contributed by atoms with van der Waals surface area (Å²) in [7, 11) is 1.78. The van der Waals surface area contributed by atoms with Gasteiger partial charge in [0.2, 0.25) is 0 Å². The van der Waals surface area contributed by atoms with Crippen LogP contribution in [0, 0.1) is 13.8 Å². The van der Waals surface area contributed by atoms with Gasteiger partial charge in [0.05, 0.1) is 16.9 Å². The van der Waals surface area contributed by atoms with Crippen LogP contribution in [0.5, 0.6) is 0 Å². The van der Waals surface area contributed by atoms with Crippen molar-refractivity contribution >= 4 is 23.1 Å². The number of aromatic nitrogens is 1. The van der Waals surface area contributed by atoms with Gasteiger partial charge in [-0.25, -0.2) is 4.98 Å². The summed E-state index contributed by atoms with van der Waals surface area (Å²) in [5, 5.41) is 3.30. The Morgan fingerprint density at radius 2 is 1.95 bits per heavy atom. The molecular weight excluding hydrogens is 238 g/mol. The predicted octanol–water partition coefficient (Wildman–Crippen LogP) is 3.03. The molecule has 0 atom stereocenters. The number of hydrogen-bond acceptors (Lipinski definition) is 3. The number of para-hydroxylation sites is 1. The molecule has 4 nitrogen and oxygen atoms in total. The second kappa shape index (κ2) is 4.09. The van der Waals surface area contributed by atoms with E-state index in [9.17, 15) is 4.79 Å². The highest BCUT2D eigenvalue weighted by molar-refractivity contribution is 6.13. The van der Waals surface area contributed by atoms with Crippen LogP contribution in [-0.2, 0) is 0 Å². The molecule has 0 unspecified atom stereocenters. The van der Waals surface area contributed by atoms with Crippen molar-refractivity contribution in [2.24, 2.45) is 0 Å². The van der Waals surface area contributed by atoms with Crippen LogP contribution in [0.25, 0.3) is 0 Å². The van der Waals surface area contributed by atoms with E-state index in [1.54, 1.807) is 11.9 Å². The van der Waals surface area contributed by atoms with Crippen LogP contribution < -0.4 is 10.2 Å². The average molecular weight is 253 g/mol. The molecule has 1 aliphatic rings. The average Bonchev–Trinajstić information content (AvgIpc) is 2.49. The first-order valence-electron chi connectivity index (χ1n) is 6.20. The molecule has 1 aliphatic heterocycles. The molecular formula is C15H15N3O. The number of anilines is 3. The number of rotatable bonds is 0. The summed E-state index contributed by atoms with van der Waals surface area (Å²) >= 11 is 0. The van der Waals surface area contributed by atoms with Crippen molar-refractivity contribution in [3.8, 4) is 0 Å². The lowest BCUT2D eigenvalue weighted by atomic mass is 10.1. The molecule has 0 saturated heterocycles. The van der Waals surface area contributed by atoms with E-state index in [-0.39, 0.29) is 5.91 Å². The lowest BCUT2D eigenvalue weighted by Gasteiger charge is -2.16. The molecule has 1 aromatic heterocycles. The lowest BCUT2D eigenvalue weighted by Crippen LogP contribution is -2.25. The second-order valence-corrected chi connectivity index (χ2v) is 4.81. The van der Waals surface area contributed by atoms with Crippen LogP contribution in [0.4, 0.5) is 17.2 Å². The van der Waals surface area contributed by atoms with Gasteiger partial charge in [-0.3, -0.25) is 4.79 Å². The van der Waals surface area contributed by atoms with Crippen molar-refractivity contribution in [3.63, 3.8) is 0 Å². The van der Waals surface area contributed by atoms with Crippen molar-refractivity contribution in [1.82, 2.24) is 4.98 Å². The third kappa shape index (κ3) is 1.76. The minimum atomic E-state index is -0.0180. The van der Waals surface area contributed by atoms with E-state index in [1.807, 2.05) is 44.2 Å². The summed E-state index contributed by atoms with van der Waals surface area (Å²) in [4.78, 5) is 18.6. The highest BCUT2D eigenvalue weighted by Gasteiger charge is 2.25. The fraction of sp³-hybridized carbons (Fsp3) is 0.200. The van der Waals surface area contributed by atoms with Crippen molar-refractivity contribution < 1.29 is 4.79 Å². The Labute approximate surface area is 112 Å². The van der Waals surface area contributed by atoms with E-state index in [2.05, 4.69) is 10.3 Å². The summed E-state index contributed by atoms with van der Waals surface area (Å²) in [6, 6.07) is 9.56. The monoisotopic (exact) mass is 253 g/mol. The number of amides is 1. The quantitative estimate of drug-likeness (QED) is 0.785. The molecule has 3 rings (SSSR count).